The molecule has 0 atom stereocenters. The third-order valence-electron chi connectivity index (χ3n) is 2.15. The second kappa shape index (κ2) is 5.17. The van der Waals surface area contributed by atoms with Crippen molar-refractivity contribution in [2.75, 3.05) is 7.05 Å². The summed E-state index contributed by atoms with van der Waals surface area (Å²) in [5.74, 6) is 4.79. The first-order chi connectivity index (χ1) is 7.54. The molecule has 1 aromatic heterocycles. The van der Waals surface area contributed by atoms with E-state index in [1.165, 1.54) is 15.5 Å². The molecule has 84 valence electrons. The number of amides is 1. The normalized spacial score (nSPS) is 9.19. The third kappa shape index (κ3) is 2.99. The molecule has 0 aromatic carbocycles. The van der Waals surface area contributed by atoms with E-state index in [2.05, 4.69) is 11.8 Å². The third-order valence-corrected chi connectivity index (χ3v) is 2.15. The topological polar surface area (TPSA) is 42.3 Å². The molecule has 1 heterocycles. The zero-order valence-electron chi connectivity index (χ0n) is 9.65. The van der Waals surface area contributed by atoms with Crippen molar-refractivity contribution in [1.82, 2.24) is 9.47 Å². The number of aromatic nitrogens is 1. The quantitative estimate of drug-likeness (QED) is 0.673. The molecule has 16 heavy (non-hydrogen) atoms. The minimum absolute atomic E-state index is 0.0638. The molecule has 0 spiro atoms. The van der Waals surface area contributed by atoms with Crippen LogP contribution in [-0.4, -0.2) is 22.4 Å². The lowest BCUT2D eigenvalue weighted by Gasteiger charge is -2.14. The Hall–Kier alpha value is -2.02. The Kier molecular flexibility index (Phi) is 3.90. The summed E-state index contributed by atoms with van der Waals surface area (Å²) in [6.07, 6.45) is 1.71. The summed E-state index contributed by atoms with van der Waals surface area (Å²) >= 11 is 0. The van der Waals surface area contributed by atoms with Gasteiger partial charge in [0.15, 0.2) is 0 Å². The fourth-order valence-corrected chi connectivity index (χ4v) is 1.29. The molecule has 0 aliphatic heterocycles. The maximum Gasteiger partial charge on any atom is 0.298 e. The molecule has 0 bridgehead atoms. The molecule has 1 aromatic rings. The lowest BCUT2D eigenvalue weighted by molar-refractivity contribution is -0.124. The Balaban J connectivity index is 2.79. The van der Waals surface area contributed by atoms with Crippen LogP contribution in [0.3, 0.4) is 0 Å². The summed E-state index contributed by atoms with van der Waals surface area (Å²) < 4.78 is 1.49. The van der Waals surface area contributed by atoms with E-state index in [0.717, 1.165) is 5.56 Å². The van der Waals surface area contributed by atoms with Gasteiger partial charge in [-0.2, -0.15) is 0 Å². The van der Waals surface area contributed by atoms with Crippen LogP contribution < -0.4 is 5.56 Å². The molecule has 0 aliphatic carbocycles. The van der Waals surface area contributed by atoms with Crippen molar-refractivity contribution in [2.24, 2.45) is 7.05 Å². The summed E-state index contributed by atoms with van der Waals surface area (Å²) in [6, 6.07) is 3.20. The Labute approximate surface area is 94.5 Å². The molecule has 0 N–H and O–H groups in total. The lowest BCUT2D eigenvalue weighted by atomic mass is 10.2. The number of aryl methyl sites for hydroxylation is 1. The van der Waals surface area contributed by atoms with Gasteiger partial charge in [0.25, 0.3) is 5.91 Å². The molecule has 1 rings (SSSR count). The van der Waals surface area contributed by atoms with Gasteiger partial charge in [0.05, 0.1) is 0 Å². The van der Waals surface area contributed by atoms with E-state index < -0.39 is 0 Å². The van der Waals surface area contributed by atoms with Gasteiger partial charge in [-0.15, -0.1) is 0 Å². The van der Waals surface area contributed by atoms with Crippen molar-refractivity contribution in [1.29, 1.82) is 0 Å². The molecule has 0 saturated carbocycles. The van der Waals surface area contributed by atoms with Crippen molar-refractivity contribution in [3.05, 3.63) is 34.2 Å². The van der Waals surface area contributed by atoms with Crippen molar-refractivity contribution < 1.29 is 4.79 Å². The van der Waals surface area contributed by atoms with Gasteiger partial charge in [0.2, 0.25) is 5.56 Å². The van der Waals surface area contributed by atoms with Gasteiger partial charge in [-0.1, -0.05) is 12.0 Å². The maximum atomic E-state index is 11.4. The predicted octanol–water partition coefficient (Wildman–Crippen LogP) is 0.367. The average Bonchev–Trinajstić information content (AvgIpc) is 2.24. The molecular formula is C12H14N2O2. The van der Waals surface area contributed by atoms with E-state index in [0.29, 0.717) is 6.54 Å². The van der Waals surface area contributed by atoms with E-state index >= 15 is 0 Å². The van der Waals surface area contributed by atoms with Crippen LogP contribution in [-0.2, 0) is 18.4 Å². The monoisotopic (exact) mass is 218 g/mol. The summed E-state index contributed by atoms with van der Waals surface area (Å²) in [7, 11) is 3.36. The second-order valence-electron chi connectivity index (χ2n) is 3.52. The van der Waals surface area contributed by atoms with Crippen LogP contribution >= 0.6 is 0 Å². The standard InChI is InChI=1S/C12H14N2O2/c1-4-5-11(15)13(2)8-10-6-7-12(16)14(3)9-10/h6-7,9H,8H2,1-3H3. The summed E-state index contributed by atoms with van der Waals surface area (Å²) in [6.45, 7) is 2.07. The number of carbonyl (C=O) groups is 1. The van der Waals surface area contributed by atoms with Crippen LogP contribution in [0.25, 0.3) is 0 Å². The number of pyridine rings is 1. The fourth-order valence-electron chi connectivity index (χ4n) is 1.29. The fraction of sp³-hybridized carbons (Fsp3) is 0.333. The van der Waals surface area contributed by atoms with Crippen LogP contribution in [0, 0.1) is 11.8 Å². The first-order valence-corrected chi connectivity index (χ1v) is 4.88. The Morgan fingerprint density at radius 3 is 2.75 bits per heavy atom. The van der Waals surface area contributed by atoms with Gasteiger partial charge in [0.1, 0.15) is 0 Å². The summed E-state index contributed by atoms with van der Waals surface area (Å²) in [4.78, 5) is 24.0. The zero-order valence-corrected chi connectivity index (χ0v) is 9.65. The van der Waals surface area contributed by atoms with Gasteiger partial charge in [-0.3, -0.25) is 9.59 Å². The number of rotatable bonds is 2. The molecule has 0 radical (unpaired) electrons. The van der Waals surface area contributed by atoms with E-state index in [-0.39, 0.29) is 11.5 Å². The first-order valence-electron chi connectivity index (χ1n) is 4.88. The highest BCUT2D eigenvalue weighted by Crippen LogP contribution is 2.00. The minimum atomic E-state index is -0.226. The van der Waals surface area contributed by atoms with Crippen LogP contribution in [0.2, 0.25) is 0 Å². The largest absolute Gasteiger partial charge is 0.331 e. The molecular weight excluding hydrogens is 204 g/mol. The molecule has 0 fully saturated rings. The second-order valence-corrected chi connectivity index (χ2v) is 3.52. The molecule has 0 saturated heterocycles. The van der Waals surface area contributed by atoms with Gasteiger partial charge in [-0.25, -0.2) is 0 Å². The predicted molar refractivity (Wildman–Crippen MR) is 61.6 cm³/mol. The van der Waals surface area contributed by atoms with E-state index in [9.17, 15) is 9.59 Å². The highest BCUT2D eigenvalue weighted by Gasteiger charge is 2.06. The highest BCUT2D eigenvalue weighted by atomic mass is 16.2. The van der Waals surface area contributed by atoms with Crippen molar-refractivity contribution >= 4 is 5.91 Å². The van der Waals surface area contributed by atoms with Crippen LogP contribution in [0.15, 0.2) is 23.1 Å². The van der Waals surface area contributed by atoms with Gasteiger partial charge in [0, 0.05) is 32.9 Å². The Bertz CT molecular complexity index is 506. The molecule has 0 aliphatic rings. The number of carbonyl (C=O) groups excluding carboxylic acids is 1. The van der Waals surface area contributed by atoms with Crippen LogP contribution in [0.4, 0.5) is 0 Å². The number of nitrogens with zero attached hydrogens (tertiary/aromatic N) is 2. The summed E-state index contributed by atoms with van der Waals surface area (Å²) in [5.41, 5.74) is 0.835. The number of hydrogen-bond donors (Lipinski definition) is 0. The smallest absolute Gasteiger partial charge is 0.298 e. The average molecular weight is 218 g/mol. The molecule has 4 heteroatoms. The first kappa shape index (κ1) is 12.1. The number of hydrogen-bond acceptors (Lipinski definition) is 2. The van der Waals surface area contributed by atoms with E-state index in [1.807, 2.05) is 0 Å². The molecule has 1 amide bonds. The SMILES string of the molecule is CC#CC(=O)N(C)Cc1ccc(=O)n(C)c1. The summed E-state index contributed by atoms with van der Waals surface area (Å²) in [5, 5.41) is 0. The minimum Gasteiger partial charge on any atom is -0.331 e. The van der Waals surface area contributed by atoms with Crippen molar-refractivity contribution in [3.63, 3.8) is 0 Å². The zero-order chi connectivity index (χ0) is 12.1. The van der Waals surface area contributed by atoms with E-state index in [1.54, 1.807) is 33.3 Å². The van der Waals surface area contributed by atoms with E-state index in [4.69, 9.17) is 0 Å². The van der Waals surface area contributed by atoms with Crippen LogP contribution in [0.5, 0.6) is 0 Å². The highest BCUT2D eigenvalue weighted by molar-refractivity contribution is 5.93. The Morgan fingerprint density at radius 1 is 1.50 bits per heavy atom. The van der Waals surface area contributed by atoms with Crippen LogP contribution in [0.1, 0.15) is 12.5 Å². The maximum absolute atomic E-state index is 11.4. The van der Waals surface area contributed by atoms with Gasteiger partial charge < -0.3 is 9.47 Å². The van der Waals surface area contributed by atoms with Gasteiger partial charge >= 0.3 is 0 Å². The molecule has 0 unspecified atom stereocenters. The van der Waals surface area contributed by atoms with Gasteiger partial charge in [-0.05, 0) is 18.4 Å². The Morgan fingerprint density at radius 2 is 2.19 bits per heavy atom. The molecule has 4 nitrogen and oxygen atoms in total. The van der Waals surface area contributed by atoms with Crippen molar-refractivity contribution in [2.45, 2.75) is 13.5 Å². The van der Waals surface area contributed by atoms with Crippen molar-refractivity contribution in [3.8, 4) is 11.8 Å². The lowest BCUT2D eigenvalue weighted by Crippen LogP contribution is -2.25.